The van der Waals surface area contributed by atoms with E-state index in [-0.39, 0.29) is 12.0 Å². The molecule has 0 radical (unpaired) electrons. The Bertz CT molecular complexity index is 447. The van der Waals surface area contributed by atoms with Crippen LogP contribution in [-0.4, -0.2) is 38.9 Å². The number of rotatable bonds is 23. The monoisotopic (exact) mass is 440 g/mol. The van der Waals surface area contributed by atoms with Crippen LogP contribution >= 0.6 is 0 Å². The number of ether oxygens (including phenoxy) is 3. The SMILES string of the molecule is C=C(CC(=O)OCCCCOCCCCCCCCCCCCCCCC)C(=O)OC. The van der Waals surface area contributed by atoms with Crippen LogP contribution in [0.1, 0.15) is 116 Å². The first-order chi connectivity index (χ1) is 15.1. The molecule has 0 aromatic heterocycles. The Morgan fingerprint density at radius 3 is 1.55 bits per heavy atom. The van der Waals surface area contributed by atoms with Crippen molar-refractivity contribution in [2.75, 3.05) is 26.9 Å². The third kappa shape index (κ3) is 21.7. The van der Waals surface area contributed by atoms with Gasteiger partial charge in [-0.3, -0.25) is 4.79 Å². The van der Waals surface area contributed by atoms with E-state index in [0.29, 0.717) is 13.2 Å². The topological polar surface area (TPSA) is 61.8 Å². The summed E-state index contributed by atoms with van der Waals surface area (Å²) in [5.41, 5.74) is 0.115. The fraction of sp³-hybridized carbons (Fsp3) is 0.846. The summed E-state index contributed by atoms with van der Waals surface area (Å²) in [6.45, 7) is 7.64. The number of hydrogen-bond donors (Lipinski definition) is 0. The Morgan fingerprint density at radius 1 is 0.645 bits per heavy atom. The minimum Gasteiger partial charge on any atom is -0.466 e. The molecule has 0 atom stereocenters. The lowest BCUT2D eigenvalue weighted by Gasteiger charge is -2.07. The average Bonchev–Trinajstić information content (AvgIpc) is 2.77. The third-order valence-corrected chi connectivity index (χ3v) is 5.42. The highest BCUT2D eigenvalue weighted by atomic mass is 16.5. The second kappa shape index (κ2) is 23.3. The Hall–Kier alpha value is -1.36. The second-order valence-electron chi connectivity index (χ2n) is 8.41. The minimum absolute atomic E-state index is 0.115. The van der Waals surface area contributed by atoms with Gasteiger partial charge >= 0.3 is 11.9 Å². The summed E-state index contributed by atoms with van der Waals surface area (Å²) in [6, 6.07) is 0. The molecule has 5 nitrogen and oxygen atoms in total. The van der Waals surface area contributed by atoms with Crippen molar-refractivity contribution in [2.45, 2.75) is 116 Å². The van der Waals surface area contributed by atoms with E-state index < -0.39 is 11.9 Å². The van der Waals surface area contributed by atoms with Crippen molar-refractivity contribution >= 4 is 11.9 Å². The highest BCUT2D eigenvalue weighted by Crippen LogP contribution is 2.13. The van der Waals surface area contributed by atoms with Crippen LogP contribution in [0.4, 0.5) is 0 Å². The summed E-state index contributed by atoms with van der Waals surface area (Å²) in [4.78, 5) is 22.7. The molecule has 0 N–H and O–H groups in total. The smallest absolute Gasteiger partial charge is 0.333 e. The van der Waals surface area contributed by atoms with Crippen LogP contribution in [0.3, 0.4) is 0 Å². The van der Waals surface area contributed by atoms with Gasteiger partial charge in [-0.05, 0) is 19.3 Å². The van der Waals surface area contributed by atoms with Crippen LogP contribution in [0.5, 0.6) is 0 Å². The van der Waals surface area contributed by atoms with Gasteiger partial charge in [0.05, 0.1) is 20.1 Å². The molecular weight excluding hydrogens is 392 g/mol. The molecule has 0 amide bonds. The maximum atomic E-state index is 11.5. The molecule has 0 aromatic rings. The Morgan fingerprint density at radius 2 is 1.06 bits per heavy atom. The molecule has 0 heterocycles. The first kappa shape index (κ1) is 29.6. The zero-order valence-corrected chi connectivity index (χ0v) is 20.4. The van der Waals surface area contributed by atoms with E-state index in [9.17, 15) is 9.59 Å². The molecule has 0 rings (SSSR count). The van der Waals surface area contributed by atoms with E-state index in [0.717, 1.165) is 25.9 Å². The van der Waals surface area contributed by atoms with E-state index in [2.05, 4.69) is 18.2 Å². The normalized spacial score (nSPS) is 10.8. The van der Waals surface area contributed by atoms with Crippen LogP contribution in [0, 0.1) is 0 Å². The number of hydrogen-bond acceptors (Lipinski definition) is 5. The van der Waals surface area contributed by atoms with Gasteiger partial charge in [-0.25, -0.2) is 4.79 Å². The molecular formula is C26H48O5. The lowest BCUT2D eigenvalue weighted by Crippen LogP contribution is -2.12. The van der Waals surface area contributed by atoms with Crippen LogP contribution in [-0.2, 0) is 23.8 Å². The third-order valence-electron chi connectivity index (χ3n) is 5.42. The second-order valence-corrected chi connectivity index (χ2v) is 8.41. The van der Waals surface area contributed by atoms with E-state index >= 15 is 0 Å². The quantitative estimate of drug-likeness (QED) is 0.0979. The van der Waals surface area contributed by atoms with Crippen molar-refractivity contribution in [1.82, 2.24) is 0 Å². The Balaban J connectivity index is 3.19. The number of methoxy groups -OCH3 is 1. The maximum absolute atomic E-state index is 11.5. The van der Waals surface area contributed by atoms with Gasteiger partial charge in [0.1, 0.15) is 0 Å². The molecule has 0 bridgehead atoms. The molecule has 0 aliphatic rings. The molecule has 0 unspecified atom stereocenters. The zero-order chi connectivity index (χ0) is 23.0. The van der Waals surface area contributed by atoms with Crippen molar-refractivity contribution < 1.29 is 23.8 Å². The summed E-state index contributed by atoms with van der Waals surface area (Å²) in [5, 5.41) is 0. The van der Waals surface area contributed by atoms with Crippen LogP contribution in [0.25, 0.3) is 0 Å². The van der Waals surface area contributed by atoms with E-state index in [4.69, 9.17) is 9.47 Å². The molecule has 31 heavy (non-hydrogen) atoms. The average molecular weight is 441 g/mol. The first-order valence-corrected chi connectivity index (χ1v) is 12.6. The predicted octanol–water partition coefficient (Wildman–Crippen LogP) is 6.93. The summed E-state index contributed by atoms with van der Waals surface area (Å²) < 4.78 is 15.2. The molecule has 182 valence electrons. The maximum Gasteiger partial charge on any atom is 0.333 e. The number of carbonyl (C=O) groups excluding carboxylic acids is 2. The number of carbonyl (C=O) groups is 2. The van der Waals surface area contributed by atoms with Gasteiger partial charge < -0.3 is 14.2 Å². The summed E-state index contributed by atoms with van der Waals surface area (Å²) >= 11 is 0. The first-order valence-electron chi connectivity index (χ1n) is 12.6. The van der Waals surface area contributed by atoms with Crippen molar-refractivity contribution in [3.8, 4) is 0 Å². The van der Waals surface area contributed by atoms with Gasteiger partial charge in [0.2, 0.25) is 0 Å². The van der Waals surface area contributed by atoms with Crippen molar-refractivity contribution in [1.29, 1.82) is 0 Å². The molecule has 0 aliphatic carbocycles. The van der Waals surface area contributed by atoms with Crippen molar-refractivity contribution in [3.63, 3.8) is 0 Å². The number of esters is 2. The van der Waals surface area contributed by atoms with Crippen molar-refractivity contribution in [3.05, 3.63) is 12.2 Å². The largest absolute Gasteiger partial charge is 0.466 e. The van der Waals surface area contributed by atoms with Gasteiger partial charge in [0.25, 0.3) is 0 Å². The van der Waals surface area contributed by atoms with Gasteiger partial charge in [-0.1, -0.05) is 97.0 Å². The van der Waals surface area contributed by atoms with Crippen LogP contribution in [0.15, 0.2) is 12.2 Å². The molecule has 0 saturated heterocycles. The molecule has 5 heteroatoms. The molecule has 0 saturated carbocycles. The van der Waals surface area contributed by atoms with Crippen molar-refractivity contribution in [2.24, 2.45) is 0 Å². The van der Waals surface area contributed by atoms with Gasteiger partial charge in [0, 0.05) is 18.8 Å². The Kier molecular flexibility index (Phi) is 22.3. The van der Waals surface area contributed by atoms with E-state index in [1.54, 1.807) is 0 Å². The van der Waals surface area contributed by atoms with Crippen LogP contribution in [0.2, 0.25) is 0 Å². The minimum atomic E-state index is -0.575. The molecule has 0 aliphatic heterocycles. The zero-order valence-electron chi connectivity index (χ0n) is 20.4. The molecule has 0 fully saturated rings. The van der Waals surface area contributed by atoms with Gasteiger partial charge in [-0.2, -0.15) is 0 Å². The van der Waals surface area contributed by atoms with E-state index in [1.807, 2.05) is 0 Å². The lowest BCUT2D eigenvalue weighted by atomic mass is 10.0. The Labute approximate surface area is 191 Å². The predicted molar refractivity (Wildman–Crippen MR) is 127 cm³/mol. The summed E-state index contributed by atoms with van der Waals surface area (Å²) in [6.07, 6.45) is 20.6. The highest BCUT2D eigenvalue weighted by molar-refractivity contribution is 5.93. The van der Waals surface area contributed by atoms with Crippen LogP contribution < -0.4 is 0 Å². The summed E-state index contributed by atoms with van der Waals surface area (Å²) in [5.74, 6) is -1.02. The number of unbranched alkanes of at least 4 members (excludes halogenated alkanes) is 14. The van der Waals surface area contributed by atoms with Gasteiger partial charge in [0.15, 0.2) is 0 Å². The lowest BCUT2D eigenvalue weighted by molar-refractivity contribution is -0.145. The molecule has 0 aromatic carbocycles. The fourth-order valence-electron chi connectivity index (χ4n) is 3.43. The highest BCUT2D eigenvalue weighted by Gasteiger charge is 2.12. The van der Waals surface area contributed by atoms with Gasteiger partial charge in [-0.15, -0.1) is 0 Å². The fourth-order valence-corrected chi connectivity index (χ4v) is 3.43. The molecule has 0 spiro atoms. The van der Waals surface area contributed by atoms with E-state index in [1.165, 1.54) is 90.6 Å². The summed E-state index contributed by atoms with van der Waals surface area (Å²) in [7, 11) is 1.26. The standard InChI is InChI=1S/C26H48O5/c1-4-5-6-7-8-9-10-11-12-13-14-15-16-17-20-30-21-18-19-22-31-25(27)23-24(2)26(28)29-3/h2,4-23H2,1,3H3.